The summed E-state index contributed by atoms with van der Waals surface area (Å²) in [5.41, 5.74) is 5.49. The van der Waals surface area contributed by atoms with E-state index < -0.39 is 10.0 Å². The van der Waals surface area contributed by atoms with Crippen molar-refractivity contribution >= 4 is 21.7 Å². The molecule has 0 fully saturated rings. The highest BCUT2D eigenvalue weighted by atomic mass is 32.2. The van der Waals surface area contributed by atoms with Crippen LogP contribution >= 0.6 is 0 Å². The summed E-state index contributed by atoms with van der Waals surface area (Å²) in [5.74, 6) is 0.0552. The maximum absolute atomic E-state index is 11.9. The Kier molecular flexibility index (Phi) is 2.88. The van der Waals surface area contributed by atoms with E-state index in [1.54, 1.807) is 0 Å². The topological polar surface area (TPSA) is 111 Å². The van der Waals surface area contributed by atoms with Crippen LogP contribution in [-0.2, 0) is 10.0 Å². The SMILES string of the molecule is Nc1ncccc1S(=O)(=O)Nc1cnccn1. The van der Waals surface area contributed by atoms with E-state index >= 15 is 0 Å². The van der Waals surface area contributed by atoms with Gasteiger partial charge in [0, 0.05) is 18.6 Å². The lowest BCUT2D eigenvalue weighted by atomic mass is 10.5. The number of hydrogen-bond donors (Lipinski definition) is 2. The van der Waals surface area contributed by atoms with Crippen LogP contribution in [0.15, 0.2) is 41.8 Å². The zero-order valence-corrected chi connectivity index (χ0v) is 9.42. The zero-order chi connectivity index (χ0) is 12.3. The monoisotopic (exact) mass is 251 g/mol. The summed E-state index contributed by atoms with van der Waals surface area (Å²) in [6.45, 7) is 0. The Morgan fingerprint density at radius 3 is 2.65 bits per heavy atom. The van der Waals surface area contributed by atoms with Crippen molar-refractivity contribution in [2.75, 3.05) is 10.5 Å². The number of aromatic nitrogens is 3. The lowest BCUT2D eigenvalue weighted by molar-refractivity contribution is 0.601. The number of rotatable bonds is 3. The fourth-order valence-corrected chi connectivity index (χ4v) is 2.25. The van der Waals surface area contributed by atoms with Gasteiger partial charge in [-0.1, -0.05) is 0 Å². The first-order valence-electron chi connectivity index (χ1n) is 4.59. The number of hydrogen-bond acceptors (Lipinski definition) is 6. The third kappa shape index (κ3) is 2.48. The molecule has 8 heteroatoms. The molecular weight excluding hydrogens is 242 g/mol. The van der Waals surface area contributed by atoms with E-state index in [-0.39, 0.29) is 16.5 Å². The largest absolute Gasteiger partial charge is 0.383 e. The Bertz CT molecular complexity index is 614. The molecule has 0 amide bonds. The molecule has 0 aliphatic rings. The van der Waals surface area contributed by atoms with Crippen molar-refractivity contribution in [2.45, 2.75) is 4.90 Å². The van der Waals surface area contributed by atoms with Gasteiger partial charge in [-0.25, -0.2) is 18.4 Å². The van der Waals surface area contributed by atoms with Gasteiger partial charge in [0.25, 0.3) is 10.0 Å². The van der Waals surface area contributed by atoms with Crippen molar-refractivity contribution in [3.8, 4) is 0 Å². The predicted octanol–water partition coefficient (Wildman–Crippen LogP) is 0.255. The van der Waals surface area contributed by atoms with Gasteiger partial charge in [-0.2, -0.15) is 0 Å². The highest BCUT2D eigenvalue weighted by Gasteiger charge is 2.18. The van der Waals surface area contributed by atoms with E-state index in [4.69, 9.17) is 5.73 Å². The number of nitrogen functional groups attached to an aromatic ring is 1. The van der Waals surface area contributed by atoms with Gasteiger partial charge >= 0.3 is 0 Å². The number of nitrogens with zero attached hydrogens (tertiary/aromatic N) is 3. The van der Waals surface area contributed by atoms with Crippen molar-refractivity contribution in [3.05, 3.63) is 36.9 Å². The van der Waals surface area contributed by atoms with Gasteiger partial charge in [0.05, 0.1) is 6.20 Å². The summed E-state index contributed by atoms with van der Waals surface area (Å²) in [6, 6.07) is 2.85. The third-order valence-corrected chi connectivity index (χ3v) is 3.29. The van der Waals surface area contributed by atoms with E-state index in [9.17, 15) is 8.42 Å². The first-order valence-corrected chi connectivity index (χ1v) is 6.07. The molecule has 0 spiro atoms. The van der Waals surface area contributed by atoms with E-state index in [2.05, 4.69) is 19.7 Å². The van der Waals surface area contributed by atoms with Gasteiger partial charge < -0.3 is 5.73 Å². The van der Waals surface area contributed by atoms with Crippen LogP contribution in [0.3, 0.4) is 0 Å². The molecule has 17 heavy (non-hydrogen) atoms. The van der Waals surface area contributed by atoms with Crippen LogP contribution in [0.2, 0.25) is 0 Å². The van der Waals surface area contributed by atoms with Gasteiger partial charge in [0.1, 0.15) is 10.7 Å². The van der Waals surface area contributed by atoms with E-state index in [0.717, 1.165) is 0 Å². The number of pyridine rings is 1. The molecule has 0 aliphatic heterocycles. The predicted molar refractivity (Wildman–Crippen MR) is 61.5 cm³/mol. The van der Waals surface area contributed by atoms with Gasteiger partial charge in [-0.3, -0.25) is 9.71 Å². The fraction of sp³-hybridized carbons (Fsp3) is 0. The van der Waals surface area contributed by atoms with Crippen molar-refractivity contribution in [3.63, 3.8) is 0 Å². The molecule has 0 bridgehead atoms. The Hall–Kier alpha value is -2.22. The van der Waals surface area contributed by atoms with Gasteiger partial charge in [0.15, 0.2) is 5.82 Å². The molecule has 0 atom stereocenters. The minimum absolute atomic E-state index is 0.0658. The molecule has 2 aromatic rings. The highest BCUT2D eigenvalue weighted by Crippen LogP contribution is 2.17. The Labute approximate surface area is 97.8 Å². The summed E-state index contributed by atoms with van der Waals surface area (Å²) in [7, 11) is -3.78. The normalized spacial score (nSPS) is 11.1. The minimum atomic E-state index is -3.78. The summed E-state index contributed by atoms with van der Waals surface area (Å²) in [6.07, 6.45) is 5.53. The van der Waals surface area contributed by atoms with Crippen LogP contribution in [0.5, 0.6) is 0 Å². The molecule has 0 radical (unpaired) electrons. The average Bonchev–Trinajstić information content (AvgIpc) is 2.30. The molecule has 0 aromatic carbocycles. The van der Waals surface area contributed by atoms with E-state index in [1.165, 1.54) is 36.9 Å². The molecule has 7 nitrogen and oxygen atoms in total. The third-order valence-electron chi connectivity index (χ3n) is 1.89. The van der Waals surface area contributed by atoms with Crippen LogP contribution < -0.4 is 10.5 Å². The maximum Gasteiger partial charge on any atom is 0.266 e. The quantitative estimate of drug-likeness (QED) is 0.809. The van der Waals surface area contributed by atoms with Crippen molar-refractivity contribution < 1.29 is 8.42 Å². The van der Waals surface area contributed by atoms with Crippen LogP contribution in [0.1, 0.15) is 0 Å². The Morgan fingerprint density at radius 1 is 1.18 bits per heavy atom. The summed E-state index contributed by atoms with van der Waals surface area (Å²) < 4.78 is 26.1. The van der Waals surface area contributed by atoms with Crippen LogP contribution in [-0.4, -0.2) is 23.4 Å². The van der Waals surface area contributed by atoms with Crippen molar-refractivity contribution in [2.24, 2.45) is 0 Å². The highest BCUT2D eigenvalue weighted by molar-refractivity contribution is 7.92. The second-order valence-electron chi connectivity index (χ2n) is 3.08. The van der Waals surface area contributed by atoms with E-state index in [0.29, 0.717) is 0 Å². The lowest BCUT2D eigenvalue weighted by Crippen LogP contribution is -2.16. The molecule has 2 rings (SSSR count). The first kappa shape index (κ1) is 11.3. The van der Waals surface area contributed by atoms with Gasteiger partial charge in [0.2, 0.25) is 0 Å². The van der Waals surface area contributed by atoms with Crippen LogP contribution in [0.25, 0.3) is 0 Å². The summed E-state index contributed by atoms with van der Waals surface area (Å²) >= 11 is 0. The van der Waals surface area contributed by atoms with E-state index in [1.807, 2.05) is 0 Å². The molecular formula is C9H9N5O2S. The molecule has 0 unspecified atom stereocenters. The fourth-order valence-electron chi connectivity index (χ4n) is 1.17. The summed E-state index contributed by atoms with van der Waals surface area (Å²) in [5, 5.41) is 0. The average molecular weight is 251 g/mol. The second-order valence-corrected chi connectivity index (χ2v) is 4.73. The smallest absolute Gasteiger partial charge is 0.266 e. The number of nitrogens with two attached hydrogens (primary N) is 1. The zero-order valence-electron chi connectivity index (χ0n) is 8.61. The van der Waals surface area contributed by atoms with Crippen LogP contribution in [0, 0.1) is 0 Å². The van der Waals surface area contributed by atoms with Gasteiger partial charge in [-0.15, -0.1) is 0 Å². The second kappa shape index (κ2) is 4.34. The van der Waals surface area contributed by atoms with Crippen LogP contribution in [0.4, 0.5) is 11.6 Å². The molecule has 0 saturated carbocycles. The number of sulfonamides is 1. The minimum Gasteiger partial charge on any atom is -0.383 e. The first-order chi connectivity index (χ1) is 8.09. The number of nitrogens with one attached hydrogen (secondary N) is 1. The maximum atomic E-state index is 11.9. The lowest BCUT2D eigenvalue weighted by Gasteiger charge is -2.07. The molecule has 3 N–H and O–H groups in total. The molecule has 2 heterocycles. The standard InChI is InChI=1S/C9H9N5O2S/c10-9-7(2-1-3-13-9)17(15,16)14-8-6-11-4-5-12-8/h1-6H,(H2,10,13)(H,12,14). The van der Waals surface area contributed by atoms with Crippen molar-refractivity contribution in [1.29, 1.82) is 0 Å². The summed E-state index contributed by atoms with van der Waals surface area (Å²) in [4.78, 5) is 11.2. The number of anilines is 2. The van der Waals surface area contributed by atoms with Gasteiger partial charge in [-0.05, 0) is 12.1 Å². The Morgan fingerprint density at radius 2 is 2.00 bits per heavy atom. The molecule has 88 valence electrons. The molecule has 2 aromatic heterocycles. The molecule has 0 aliphatic carbocycles. The Balaban J connectivity index is 2.36. The molecule has 0 saturated heterocycles. The van der Waals surface area contributed by atoms with Crippen molar-refractivity contribution in [1.82, 2.24) is 15.0 Å².